The zero-order chi connectivity index (χ0) is 18.9. The second-order valence-corrected chi connectivity index (χ2v) is 8.37. The summed E-state index contributed by atoms with van der Waals surface area (Å²) in [5.74, 6) is -0.415. The Bertz CT molecular complexity index is 893. The number of nitrogens with one attached hydrogen (secondary N) is 1. The topological polar surface area (TPSA) is 66.5 Å². The predicted octanol–water partition coefficient (Wildman–Crippen LogP) is 3.03. The second kappa shape index (κ2) is 7.17. The van der Waals surface area contributed by atoms with Gasteiger partial charge in [0.2, 0.25) is 15.9 Å². The van der Waals surface area contributed by atoms with Gasteiger partial charge in [-0.25, -0.2) is 12.8 Å². The molecule has 1 aliphatic rings. The van der Waals surface area contributed by atoms with E-state index in [1.807, 2.05) is 13.8 Å². The van der Waals surface area contributed by atoms with Gasteiger partial charge in [0.15, 0.2) is 0 Å². The molecule has 1 heterocycles. The summed E-state index contributed by atoms with van der Waals surface area (Å²) in [4.78, 5) is 14.1. The maximum atomic E-state index is 13.0. The fourth-order valence-corrected chi connectivity index (χ4v) is 4.18. The molecule has 1 saturated heterocycles. The standard InChI is InChI=1S/C19H21FN2O3S/c1-13(2)14-3-9-17(10-4-14)26(24,25)21-18-11-12-22(19(18)23)16-7-5-15(20)6-8-16/h3-10,13,18,21H,11-12H2,1-2H3/t18-/m0/s1. The number of sulfonamides is 1. The van der Waals surface area contributed by atoms with Gasteiger partial charge in [0.25, 0.3) is 0 Å². The predicted molar refractivity (Wildman–Crippen MR) is 98.0 cm³/mol. The lowest BCUT2D eigenvalue weighted by Crippen LogP contribution is -2.41. The number of nitrogens with zero attached hydrogens (tertiary/aromatic N) is 1. The zero-order valence-corrected chi connectivity index (χ0v) is 15.5. The molecule has 5 nitrogen and oxygen atoms in total. The lowest BCUT2D eigenvalue weighted by Gasteiger charge is -2.17. The molecule has 7 heteroatoms. The zero-order valence-electron chi connectivity index (χ0n) is 14.6. The monoisotopic (exact) mass is 376 g/mol. The summed E-state index contributed by atoms with van der Waals surface area (Å²) >= 11 is 0. The number of anilines is 1. The third-order valence-electron chi connectivity index (χ3n) is 4.50. The highest BCUT2D eigenvalue weighted by Gasteiger charge is 2.35. The van der Waals surface area contributed by atoms with Crippen molar-refractivity contribution in [2.75, 3.05) is 11.4 Å². The van der Waals surface area contributed by atoms with E-state index < -0.39 is 16.1 Å². The van der Waals surface area contributed by atoms with E-state index in [1.54, 1.807) is 24.3 Å². The SMILES string of the molecule is CC(C)c1ccc(S(=O)(=O)N[C@H]2CCN(c3ccc(F)cc3)C2=O)cc1. The Kier molecular flexibility index (Phi) is 5.11. The van der Waals surface area contributed by atoms with Crippen LogP contribution in [0.1, 0.15) is 31.7 Å². The van der Waals surface area contributed by atoms with Gasteiger partial charge in [-0.05, 0) is 54.3 Å². The van der Waals surface area contributed by atoms with E-state index in [0.29, 0.717) is 24.6 Å². The van der Waals surface area contributed by atoms with E-state index >= 15 is 0 Å². The minimum Gasteiger partial charge on any atom is -0.311 e. The van der Waals surface area contributed by atoms with Crippen LogP contribution in [0.25, 0.3) is 0 Å². The van der Waals surface area contributed by atoms with Crippen molar-refractivity contribution in [1.29, 1.82) is 0 Å². The van der Waals surface area contributed by atoms with Gasteiger partial charge in [-0.2, -0.15) is 4.72 Å². The van der Waals surface area contributed by atoms with Gasteiger partial charge in [-0.15, -0.1) is 0 Å². The number of carbonyl (C=O) groups excluding carboxylic acids is 1. The summed E-state index contributed by atoms with van der Waals surface area (Å²) < 4.78 is 40.7. The van der Waals surface area contributed by atoms with Gasteiger partial charge >= 0.3 is 0 Å². The van der Waals surface area contributed by atoms with E-state index in [-0.39, 0.29) is 16.6 Å². The molecule has 2 aromatic carbocycles. The van der Waals surface area contributed by atoms with Crippen LogP contribution in [-0.4, -0.2) is 26.9 Å². The van der Waals surface area contributed by atoms with E-state index in [2.05, 4.69) is 4.72 Å². The van der Waals surface area contributed by atoms with Crippen molar-refractivity contribution < 1.29 is 17.6 Å². The van der Waals surface area contributed by atoms with Crippen LogP contribution in [0.3, 0.4) is 0 Å². The molecule has 0 spiro atoms. The van der Waals surface area contributed by atoms with E-state index in [4.69, 9.17) is 0 Å². The first-order chi connectivity index (χ1) is 12.3. The Morgan fingerprint density at radius 2 is 1.69 bits per heavy atom. The highest BCUT2D eigenvalue weighted by atomic mass is 32.2. The number of carbonyl (C=O) groups is 1. The molecule has 0 radical (unpaired) electrons. The Balaban J connectivity index is 1.74. The van der Waals surface area contributed by atoms with Crippen molar-refractivity contribution in [3.05, 3.63) is 59.9 Å². The molecule has 138 valence electrons. The lowest BCUT2D eigenvalue weighted by atomic mass is 10.0. The summed E-state index contributed by atoms with van der Waals surface area (Å²) in [7, 11) is -3.79. The van der Waals surface area contributed by atoms with Crippen LogP contribution in [0.4, 0.5) is 10.1 Å². The fraction of sp³-hybridized carbons (Fsp3) is 0.316. The molecule has 1 atom stereocenters. The summed E-state index contributed by atoms with van der Waals surface area (Å²) in [5, 5.41) is 0. The second-order valence-electron chi connectivity index (χ2n) is 6.65. The molecule has 2 aromatic rings. The van der Waals surface area contributed by atoms with Gasteiger partial charge in [0.05, 0.1) is 4.90 Å². The first-order valence-corrected chi connectivity index (χ1v) is 9.95. The Hall–Kier alpha value is -2.25. The van der Waals surface area contributed by atoms with Gasteiger partial charge in [0, 0.05) is 12.2 Å². The molecule has 1 fully saturated rings. The van der Waals surface area contributed by atoms with E-state index in [9.17, 15) is 17.6 Å². The van der Waals surface area contributed by atoms with Crippen molar-refractivity contribution in [2.24, 2.45) is 0 Å². The molecule has 0 aliphatic carbocycles. The smallest absolute Gasteiger partial charge is 0.245 e. The molecule has 0 bridgehead atoms. The molecule has 0 unspecified atom stereocenters. The first-order valence-electron chi connectivity index (χ1n) is 8.47. The largest absolute Gasteiger partial charge is 0.311 e. The molecule has 1 amide bonds. The first kappa shape index (κ1) is 18.5. The average Bonchev–Trinajstić information content (AvgIpc) is 2.96. The number of benzene rings is 2. The third kappa shape index (κ3) is 3.78. The van der Waals surface area contributed by atoms with Crippen LogP contribution >= 0.6 is 0 Å². The summed E-state index contributed by atoms with van der Waals surface area (Å²) in [5.41, 5.74) is 1.60. The molecule has 1 aliphatic heterocycles. The van der Waals surface area contributed by atoms with Crippen molar-refractivity contribution in [1.82, 2.24) is 4.72 Å². The Morgan fingerprint density at radius 1 is 1.08 bits per heavy atom. The van der Waals surface area contributed by atoms with Crippen LogP contribution in [0.15, 0.2) is 53.4 Å². The summed E-state index contributed by atoms with van der Waals surface area (Å²) in [6.07, 6.45) is 0.361. The molecule has 0 aromatic heterocycles. The van der Waals surface area contributed by atoms with Crippen molar-refractivity contribution in [3.8, 4) is 0 Å². The van der Waals surface area contributed by atoms with Gasteiger partial charge in [-0.1, -0.05) is 26.0 Å². The number of amides is 1. The number of hydrogen-bond donors (Lipinski definition) is 1. The number of halogens is 1. The fourth-order valence-electron chi connectivity index (χ4n) is 2.95. The quantitative estimate of drug-likeness (QED) is 0.872. The highest BCUT2D eigenvalue weighted by molar-refractivity contribution is 7.89. The molecule has 26 heavy (non-hydrogen) atoms. The summed E-state index contributed by atoms with van der Waals surface area (Å²) in [6, 6.07) is 11.4. The Labute approximate surface area is 152 Å². The van der Waals surface area contributed by atoms with Crippen LogP contribution in [0.2, 0.25) is 0 Å². The average molecular weight is 376 g/mol. The molecule has 0 saturated carbocycles. The Morgan fingerprint density at radius 3 is 2.27 bits per heavy atom. The summed E-state index contributed by atoms with van der Waals surface area (Å²) in [6.45, 7) is 4.44. The van der Waals surface area contributed by atoms with Crippen LogP contribution in [-0.2, 0) is 14.8 Å². The van der Waals surface area contributed by atoms with Crippen LogP contribution in [0, 0.1) is 5.82 Å². The maximum absolute atomic E-state index is 13.0. The van der Waals surface area contributed by atoms with E-state index in [0.717, 1.165) is 5.56 Å². The highest BCUT2D eigenvalue weighted by Crippen LogP contribution is 2.23. The minimum absolute atomic E-state index is 0.134. The third-order valence-corrected chi connectivity index (χ3v) is 5.99. The van der Waals surface area contributed by atoms with Crippen molar-refractivity contribution >= 4 is 21.6 Å². The van der Waals surface area contributed by atoms with Gasteiger partial charge < -0.3 is 4.90 Å². The minimum atomic E-state index is -3.79. The maximum Gasteiger partial charge on any atom is 0.245 e. The van der Waals surface area contributed by atoms with Crippen molar-refractivity contribution in [2.45, 2.75) is 37.1 Å². The molecular formula is C19H21FN2O3S. The number of hydrogen-bond acceptors (Lipinski definition) is 3. The molecular weight excluding hydrogens is 355 g/mol. The lowest BCUT2D eigenvalue weighted by molar-refractivity contribution is -0.118. The van der Waals surface area contributed by atoms with Crippen LogP contribution < -0.4 is 9.62 Å². The van der Waals surface area contributed by atoms with Crippen LogP contribution in [0.5, 0.6) is 0 Å². The van der Waals surface area contributed by atoms with Gasteiger partial charge in [0.1, 0.15) is 11.9 Å². The molecule has 3 rings (SSSR count). The van der Waals surface area contributed by atoms with Gasteiger partial charge in [-0.3, -0.25) is 4.79 Å². The normalized spacial score (nSPS) is 17.9. The van der Waals surface area contributed by atoms with E-state index in [1.165, 1.54) is 29.2 Å². The number of rotatable bonds is 5. The van der Waals surface area contributed by atoms with Crippen molar-refractivity contribution in [3.63, 3.8) is 0 Å². The molecule has 1 N–H and O–H groups in total.